The highest BCUT2D eigenvalue weighted by Crippen LogP contribution is 2.41. The molecule has 0 aliphatic rings. The summed E-state index contributed by atoms with van der Waals surface area (Å²) in [6, 6.07) is 19.1. The number of nitrogens with zero attached hydrogens (tertiary/aromatic N) is 1. The minimum atomic E-state index is -0.235. The Morgan fingerprint density at radius 3 is 2.47 bits per heavy atom. The van der Waals surface area contributed by atoms with Crippen LogP contribution in [-0.2, 0) is 19.8 Å². The van der Waals surface area contributed by atoms with Crippen LogP contribution in [0.15, 0.2) is 66.9 Å². The molecular weight excluding hydrogens is 406 g/mol. The summed E-state index contributed by atoms with van der Waals surface area (Å²) in [5.41, 5.74) is 6.43. The van der Waals surface area contributed by atoms with Gasteiger partial charge in [0.05, 0.1) is 20.3 Å². The van der Waals surface area contributed by atoms with E-state index < -0.39 is 0 Å². The van der Waals surface area contributed by atoms with Crippen molar-refractivity contribution in [3.63, 3.8) is 0 Å². The number of pyridine rings is 1. The molecular formula is C25H25N3O4. The molecule has 5 N–H and O–H groups in total. The zero-order valence-corrected chi connectivity index (χ0v) is 17.7. The first-order chi connectivity index (χ1) is 15.7. The number of ether oxygens (including phenoxy) is 2. The quantitative estimate of drug-likeness (QED) is 0.248. The molecule has 7 nitrogen and oxygen atoms in total. The number of nitrogens with one attached hydrogen (secondary N) is 1. The lowest BCUT2D eigenvalue weighted by Crippen LogP contribution is -2.08. The number of nitrogens with two attached hydrogens (primary N) is 1. The fraction of sp³-hybridized carbons (Fsp3) is 0.160. The van der Waals surface area contributed by atoms with E-state index in [1.807, 2.05) is 54.6 Å². The van der Waals surface area contributed by atoms with Gasteiger partial charge in [-0.15, -0.1) is 0 Å². The molecule has 0 amide bonds. The lowest BCUT2D eigenvalue weighted by atomic mass is 9.90. The van der Waals surface area contributed by atoms with E-state index in [4.69, 9.17) is 15.3 Å². The number of aliphatic hydroxyl groups is 2. The molecule has 0 saturated heterocycles. The largest absolute Gasteiger partial charge is 0.493 e. The SMILES string of the molecule is COc1cc2cc(CO)c(CO)c(-c3ccnc(NN)c3)c2cc1OCc1ccccc1. The van der Waals surface area contributed by atoms with Gasteiger partial charge in [0.15, 0.2) is 11.5 Å². The van der Waals surface area contributed by atoms with Crippen molar-refractivity contribution in [2.45, 2.75) is 19.8 Å². The molecule has 0 unspecified atom stereocenters. The predicted octanol–water partition coefficient (Wildman–Crippen LogP) is 3.76. The molecule has 1 aromatic heterocycles. The second kappa shape index (κ2) is 9.65. The molecule has 0 aliphatic heterocycles. The first kappa shape index (κ1) is 21.6. The topological polar surface area (TPSA) is 110 Å². The van der Waals surface area contributed by atoms with Gasteiger partial charge in [0.1, 0.15) is 12.4 Å². The number of aromatic nitrogens is 1. The van der Waals surface area contributed by atoms with Crippen LogP contribution in [-0.4, -0.2) is 22.3 Å². The van der Waals surface area contributed by atoms with Crippen molar-refractivity contribution >= 4 is 16.6 Å². The molecule has 4 aromatic rings. The number of hydrogen-bond donors (Lipinski definition) is 4. The third kappa shape index (κ3) is 4.22. The molecule has 0 spiro atoms. The lowest BCUT2D eigenvalue weighted by molar-refractivity contribution is 0.260. The van der Waals surface area contributed by atoms with Crippen LogP contribution in [0.1, 0.15) is 16.7 Å². The second-order valence-corrected chi connectivity index (χ2v) is 7.28. The van der Waals surface area contributed by atoms with Gasteiger partial charge >= 0.3 is 0 Å². The highest BCUT2D eigenvalue weighted by Gasteiger charge is 2.18. The highest BCUT2D eigenvalue weighted by atomic mass is 16.5. The number of hydrogen-bond acceptors (Lipinski definition) is 7. The summed E-state index contributed by atoms with van der Waals surface area (Å²) >= 11 is 0. The Labute approximate surface area is 186 Å². The van der Waals surface area contributed by atoms with Gasteiger partial charge in [0, 0.05) is 6.20 Å². The maximum Gasteiger partial charge on any atom is 0.162 e. The van der Waals surface area contributed by atoms with Gasteiger partial charge in [0.2, 0.25) is 0 Å². The van der Waals surface area contributed by atoms with Crippen LogP contribution in [0, 0.1) is 0 Å². The summed E-state index contributed by atoms with van der Waals surface area (Å²) in [5, 5.41) is 21.8. The molecule has 7 heteroatoms. The van der Waals surface area contributed by atoms with Crippen molar-refractivity contribution in [3.8, 4) is 22.6 Å². The van der Waals surface area contributed by atoms with Gasteiger partial charge in [-0.25, -0.2) is 10.8 Å². The van der Waals surface area contributed by atoms with Gasteiger partial charge in [0.25, 0.3) is 0 Å². The number of anilines is 1. The first-order valence-electron chi connectivity index (χ1n) is 10.2. The van der Waals surface area contributed by atoms with E-state index >= 15 is 0 Å². The van der Waals surface area contributed by atoms with Crippen molar-refractivity contribution in [2.24, 2.45) is 5.84 Å². The molecule has 0 bridgehead atoms. The van der Waals surface area contributed by atoms with Crippen LogP contribution in [0.25, 0.3) is 21.9 Å². The van der Waals surface area contributed by atoms with Crippen LogP contribution < -0.4 is 20.7 Å². The molecule has 164 valence electrons. The Morgan fingerprint density at radius 1 is 0.969 bits per heavy atom. The van der Waals surface area contributed by atoms with Crippen molar-refractivity contribution in [1.29, 1.82) is 0 Å². The summed E-state index contributed by atoms with van der Waals surface area (Å²) in [5.74, 6) is 7.21. The minimum absolute atomic E-state index is 0.208. The smallest absolute Gasteiger partial charge is 0.162 e. The van der Waals surface area contributed by atoms with E-state index in [2.05, 4.69) is 10.4 Å². The Balaban J connectivity index is 1.92. The van der Waals surface area contributed by atoms with Gasteiger partial charge in [-0.2, -0.15) is 0 Å². The third-order valence-electron chi connectivity index (χ3n) is 5.39. The number of benzene rings is 3. The van der Waals surface area contributed by atoms with Crippen molar-refractivity contribution < 1.29 is 19.7 Å². The van der Waals surface area contributed by atoms with E-state index in [1.165, 1.54) is 0 Å². The van der Waals surface area contributed by atoms with E-state index in [0.29, 0.717) is 35.1 Å². The molecule has 0 fully saturated rings. The minimum Gasteiger partial charge on any atom is -0.493 e. The maximum atomic E-state index is 10.2. The normalized spacial score (nSPS) is 10.9. The van der Waals surface area contributed by atoms with E-state index in [9.17, 15) is 10.2 Å². The molecule has 1 heterocycles. The Hall–Kier alpha value is -3.65. The van der Waals surface area contributed by atoms with Gasteiger partial charge in [-0.3, -0.25) is 0 Å². The number of aliphatic hydroxyl groups excluding tert-OH is 2. The first-order valence-corrected chi connectivity index (χ1v) is 10.2. The molecule has 0 saturated carbocycles. The maximum absolute atomic E-state index is 10.2. The van der Waals surface area contributed by atoms with Crippen molar-refractivity contribution in [2.75, 3.05) is 12.5 Å². The summed E-state index contributed by atoms with van der Waals surface area (Å²) < 4.78 is 11.7. The van der Waals surface area contributed by atoms with Crippen LogP contribution in [0.4, 0.5) is 5.82 Å². The van der Waals surface area contributed by atoms with E-state index in [0.717, 1.165) is 27.5 Å². The second-order valence-electron chi connectivity index (χ2n) is 7.28. The average molecular weight is 431 g/mol. The van der Waals surface area contributed by atoms with Crippen LogP contribution in [0.5, 0.6) is 11.5 Å². The fourth-order valence-electron chi connectivity index (χ4n) is 3.83. The molecule has 32 heavy (non-hydrogen) atoms. The highest BCUT2D eigenvalue weighted by molar-refractivity contribution is 6.01. The monoisotopic (exact) mass is 431 g/mol. The Morgan fingerprint density at radius 2 is 1.78 bits per heavy atom. The predicted molar refractivity (Wildman–Crippen MR) is 124 cm³/mol. The molecule has 0 atom stereocenters. The van der Waals surface area contributed by atoms with Gasteiger partial charge in [-0.1, -0.05) is 30.3 Å². The van der Waals surface area contributed by atoms with Crippen molar-refractivity contribution in [1.82, 2.24) is 4.98 Å². The summed E-state index contributed by atoms with van der Waals surface area (Å²) in [6.07, 6.45) is 1.64. The average Bonchev–Trinajstić information content (AvgIpc) is 2.86. The molecule has 3 aromatic carbocycles. The number of fused-ring (bicyclic) bond motifs is 1. The number of rotatable bonds is 8. The Bertz CT molecular complexity index is 1230. The number of methoxy groups -OCH3 is 1. The van der Waals surface area contributed by atoms with Crippen LogP contribution in [0.2, 0.25) is 0 Å². The molecule has 0 radical (unpaired) electrons. The third-order valence-corrected chi connectivity index (χ3v) is 5.39. The van der Waals surface area contributed by atoms with Crippen LogP contribution in [0.3, 0.4) is 0 Å². The van der Waals surface area contributed by atoms with Gasteiger partial charge < -0.3 is 25.1 Å². The number of hydrazine groups is 1. The number of nitrogen functional groups attached to an aromatic ring is 1. The van der Waals surface area contributed by atoms with E-state index in [1.54, 1.807) is 19.4 Å². The standard InChI is InChI=1S/C25H25N3O4/c1-31-22-10-18-9-19(13-29)21(14-30)25(17-7-8-27-24(11-17)28-26)20(18)12-23(22)32-15-16-5-3-2-4-6-16/h2-12,29-30H,13-15,26H2,1H3,(H,27,28). The zero-order valence-electron chi connectivity index (χ0n) is 17.7. The van der Waals surface area contributed by atoms with Crippen molar-refractivity contribution in [3.05, 3.63) is 83.6 Å². The summed E-state index contributed by atoms with van der Waals surface area (Å²) in [6.45, 7) is -0.0578. The van der Waals surface area contributed by atoms with Crippen LogP contribution >= 0.6 is 0 Å². The Kier molecular flexibility index (Phi) is 6.51. The zero-order chi connectivity index (χ0) is 22.5. The van der Waals surface area contributed by atoms with E-state index in [-0.39, 0.29) is 13.2 Å². The molecule has 4 rings (SSSR count). The fourth-order valence-corrected chi connectivity index (χ4v) is 3.83. The summed E-state index contributed by atoms with van der Waals surface area (Å²) in [7, 11) is 1.59. The lowest BCUT2D eigenvalue weighted by Gasteiger charge is -2.19. The van der Waals surface area contributed by atoms with Gasteiger partial charge in [-0.05, 0) is 68.9 Å². The molecule has 0 aliphatic carbocycles. The summed E-state index contributed by atoms with van der Waals surface area (Å²) in [4.78, 5) is 4.18.